The lowest BCUT2D eigenvalue weighted by atomic mass is 10.1. The van der Waals surface area contributed by atoms with E-state index in [1.165, 1.54) is 37.4 Å². The van der Waals surface area contributed by atoms with Gasteiger partial charge in [-0.25, -0.2) is 13.2 Å². The van der Waals surface area contributed by atoms with Gasteiger partial charge in [-0.1, -0.05) is 11.6 Å². The van der Waals surface area contributed by atoms with Crippen LogP contribution >= 0.6 is 11.6 Å². The number of benzene rings is 2. The van der Waals surface area contributed by atoms with E-state index < -0.39 is 21.9 Å². The number of rotatable bonds is 5. The molecule has 0 aliphatic rings. The second kappa shape index (κ2) is 7.54. The fourth-order valence-electron chi connectivity index (χ4n) is 1.98. The van der Waals surface area contributed by atoms with Gasteiger partial charge in [-0.05, 0) is 42.5 Å². The molecule has 2 rings (SSSR count). The second-order valence-electron chi connectivity index (χ2n) is 5.09. The van der Waals surface area contributed by atoms with Crippen molar-refractivity contribution in [3.05, 3.63) is 58.6 Å². The number of esters is 1. The van der Waals surface area contributed by atoms with Gasteiger partial charge in [-0.15, -0.1) is 0 Å². The summed E-state index contributed by atoms with van der Waals surface area (Å²) in [6.45, 7) is 0. The lowest BCUT2D eigenvalue weighted by molar-refractivity contribution is 0.0600. The number of nitrogens with one attached hydrogen (secondary N) is 2. The maximum absolute atomic E-state index is 12.3. The molecule has 0 aliphatic heterocycles. The molecule has 2 N–H and O–H groups in total. The number of carbonyl (C=O) groups excluding carboxylic acids is 2. The number of halogens is 1. The van der Waals surface area contributed by atoms with Crippen LogP contribution in [0, 0.1) is 0 Å². The summed E-state index contributed by atoms with van der Waals surface area (Å²) in [5, 5.41) is 2.73. The summed E-state index contributed by atoms with van der Waals surface area (Å²) in [6, 6.07) is 10.3. The van der Waals surface area contributed by atoms with Gasteiger partial charge in [0.1, 0.15) is 0 Å². The average molecular weight is 383 g/mol. The van der Waals surface area contributed by atoms with Crippen molar-refractivity contribution in [3.8, 4) is 0 Å². The van der Waals surface area contributed by atoms with Crippen LogP contribution < -0.4 is 10.0 Å². The zero-order chi connectivity index (χ0) is 18.6. The third kappa shape index (κ3) is 5.20. The number of carbonyl (C=O) groups is 2. The van der Waals surface area contributed by atoms with Gasteiger partial charge in [-0.3, -0.25) is 9.52 Å². The van der Waals surface area contributed by atoms with Crippen LogP contribution in [-0.4, -0.2) is 33.7 Å². The number of hydrogen-bond donors (Lipinski definition) is 2. The Morgan fingerprint density at radius 2 is 1.64 bits per heavy atom. The van der Waals surface area contributed by atoms with Crippen molar-refractivity contribution in [1.82, 2.24) is 0 Å². The van der Waals surface area contributed by atoms with Crippen molar-refractivity contribution in [1.29, 1.82) is 0 Å². The molecule has 0 bridgehead atoms. The molecule has 7 nitrogen and oxygen atoms in total. The van der Waals surface area contributed by atoms with Crippen molar-refractivity contribution in [2.24, 2.45) is 0 Å². The number of amides is 1. The summed E-state index contributed by atoms with van der Waals surface area (Å²) < 4.78 is 29.3. The van der Waals surface area contributed by atoms with E-state index >= 15 is 0 Å². The second-order valence-corrected chi connectivity index (χ2v) is 7.25. The van der Waals surface area contributed by atoms with Gasteiger partial charge in [0, 0.05) is 11.4 Å². The average Bonchev–Trinajstić information content (AvgIpc) is 2.53. The molecule has 0 saturated heterocycles. The highest BCUT2D eigenvalue weighted by Gasteiger charge is 2.13. The predicted molar refractivity (Wildman–Crippen MR) is 95.7 cm³/mol. The molecule has 0 heterocycles. The quantitative estimate of drug-likeness (QED) is 0.774. The Bertz CT molecular complexity index is 911. The summed E-state index contributed by atoms with van der Waals surface area (Å²) in [6.07, 6.45) is 1.01. The largest absolute Gasteiger partial charge is 0.465 e. The van der Waals surface area contributed by atoms with E-state index in [-0.39, 0.29) is 16.3 Å². The minimum absolute atomic E-state index is 0.0948. The SMILES string of the molecule is COC(=O)c1ccc(NC(=O)c2ccc(NS(C)(=O)=O)cc2Cl)cc1. The van der Waals surface area contributed by atoms with Gasteiger partial charge < -0.3 is 10.1 Å². The summed E-state index contributed by atoms with van der Waals surface area (Å²) in [4.78, 5) is 23.6. The van der Waals surface area contributed by atoms with E-state index in [1.807, 2.05) is 0 Å². The maximum Gasteiger partial charge on any atom is 0.337 e. The van der Waals surface area contributed by atoms with Crippen molar-refractivity contribution in [2.75, 3.05) is 23.4 Å². The van der Waals surface area contributed by atoms with Crippen LogP contribution in [0.1, 0.15) is 20.7 Å². The smallest absolute Gasteiger partial charge is 0.337 e. The molecule has 2 aromatic carbocycles. The molecule has 1 amide bonds. The van der Waals surface area contributed by atoms with Gasteiger partial charge in [0.05, 0.1) is 29.5 Å². The van der Waals surface area contributed by atoms with Crippen LogP contribution in [0.15, 0.2) is 42.5 Å². The zero-order valence-corrected chi connectivity index (χ0v) is 14.9. The van der Waals surface area contributed by atoms with E-state index in [9.17, 15) is 18.0 Å². The van der Waals surface area contributed by atoms with Crippen LogP contribution in [0.25, 0.3) is 0 Å². The minimum Gasteiger partial charge on any atom is -0.465 e. The topological polar surface area (TPSA) is 102 Å². The summed E-state index contributed by atoms with van der Waals surface area (Å²) in [5.74, 6) is -0.948. The van der Waals surface area contributed by atoms with Crippen LogP contribution in [0.3, 0.4) is 0 Å². The lowest BCUT2D eigenvalue weighted by Crippen LogP contribution is -2.14. The van der Waals surface area contributed by atoms with Crippen LogP contribution in [0.4, 0.5) is 11.4 Å². The van der Waals surface area contributed by atoms with Gasteiger partial charge in [0.25, 0.3) is 5.91 Å². The number of hydrogen-bond acceptors (Lipinski definition) is 5. The fourth-order valence-corrected chi connectivity index (χ4v) is 2.80. The Balaban J connectivity index is 2.14. The van der Waals surface area contributed by atoms with E-state index in [1.54, 1.807) is 12.1 Å². The van der Waals surface area contributed by atoms with Crippen LogP contribution in [0.2, 0.25) is 5.02 Å². The summed E-state index contributed by atoms with van der Waals surface area (Å²) in [5.41, 5.74) is 1.26. The third-order valence-corrected chi connectivity index (χ3v) is 4.00. The summed E-state index contributed by atoms with van der Waals surface area (Å²) in [7, 11) is -2.16. The first-order valence-electron chi connectivity index (χ1n) is 6.96. The van der Waals surface area contributed by atoms with Gasteiger partial charge in [0.2, 0.25) is 10.0 Å². The normalized spacial score (nSPS) is 10.8. The Morgan fingerprint density at radius 1 is 1.04 bits per heavy atom. The molecule has 0 aliphatic carbocycles. The highest BCUT2D eigenvalue weighted by molar-refractivity contribution is 7.92. The molecule has 132 valence electrons. The highest BCUT2D eigenvalue weighted by Crippen LogP contribution is 2.23. The molecule has 0 spiro atoms. The standard InChI is InChI=1S/C16H15ClN2O5S/c1-24-16(21)10-3-5-11(6-4-10)18-15(20)13-8-7-12(9-14(13)17)19-25(2,22)23/h3-9,19H,1-2H3,(H,18,20). The van der Waals surface area contributed by atoms with Crippen molar-refractivity contribution in [2.45, 2.75) is 0 Å². The fraction of sp³-hybridized carbons (Fsp3) is 0.125. The Morgan fingerprint density at radius 3 is 2.16 bits per heavy atom. The third-order valence-electron chi connectivity index (χ3n) is 3.08. The Kier molecular flexibility index (Phi) is 5.66. The maximum atomic E-state index is 12.3. The van der Waals surface area contributed by atoms with Gasteiger partial charge in [-0.2, -0.15) is 0 Å². The number of ether oxygens (including phenoxy) is 1. The molecule has 25 heavy (non-hydrogen) atoms. The molecular weight excluding hydrogens is 368 g/mol. The van der Waals surface area contributed by atoms with E-state index in [2.05, 4.69) is 14.8 Å². The molecule has 2 aromatic rings. The number of sulfonamides is 1. The molecular formula is C16H15ClN2O5S. The first-order chi connectivity index (χ1) is 11.7. The van der Waals surface area contributed by atoms with Crippen LogP contribution in [-0.2, 0) is 14.8 Å². The molecule has 0 aromatic heterocycles. The Hall–Kier alpha value is -2.58. The number of methoxy groups -OCH3 is 1. The first kappa shape index (κ1) is 18.8. The molecule has 0 fully saturated rings. The molecule has 0 unspecified atom stereocenters. The Labute approximate surface area is 150 Å². The monoisotopic (exact) mass is 382 g/mol. The first-order valence-corrected chi connectivity index (χ1v) is 9.23. The summed E-state index contributed by atoms with van der Waals surface area (Å²) >= 11 is 6.05. The zero-order valence-electron chi connectivity index (χ0n) is 13.4. The van der Waals surface area contributed by atoms with E-state index in [0.717, 1.165) is 6.26 Å². The highest BCUT2D eigenvalue weighted by atomic mass is 35.5. The van der Waals surface area contributed by atoms with Gasteiger partial charge in [0.15, 0.2) is 0 Å². The van der Waals surface area contributed by atoms with Crippen molar-refractivity contribution < 1.29 is 22.7 Å². The van der Waals surface area contributed by atoms with Crippen molar-refractivity contribution in [3.63, 3.8) is 0 Å². The van der Waals surface area contributed by atoms with E-state index in [4.69, 9.17) is 11.6 Å². The minimum atomic E-state index is -3.44. The predicted octanol–water partition coefficient (Wildman–Crippen LogP) is 2.75. The van der Waals surface area contributed by atoms with Crippen LogP contribution in [0.5, 0.6) is 0 Å². The molecule has 0 radical (unpaired) electrons. The van der Waals surface area contributed by atoms with Gasteiger partial charge >= 0.3 is 5.97 Å². The van der Waals surface area contributed by atoms with Crippen molar-refractivity contribution >= 4 is 44.9 Å². The molecule has 9 heteroatoms. The molecule has 0 atom stereocenters. The number of anilines is 2. The lowest BCUT2D eigenvalue weighted by Gasteiger charge is -2.09. The van der Waals surface area contributed by atoms with E-state index in [0.29, 0.717) is 11.3 Å². The molecule has 0 saturated carbocycles.